The summed E-state index contributed by atoms with van der Waals surface area (Å²) < 4.78 is 5.64. The Bertz CT molecular complexity index is 362. The van der Waals surface area contributed by atoms with Crippen molar-refractivity contribution in [3.63, 3.8) is 0 Å². The number of ether oxygens (including phenoxy) is 1. The molecule has 3 nitrogen and oxygen atoms in total. The van der Waals surface area contributed by atoms with E-state index in [1.807, 2.05) is 31.2 Å². The number of aliphatic hydroxyl groups excluding tert-OH is 2. The predicted molar refractivity (Wildman–Crippen MR) is 70.6 cm³/mol. The average Bonchev–Trinajstić information content (AvgIpc) is 2.90. The molecule has 2 N–H and O–H groups in total. The Morgan fingerprint density at radius 2 is 1.89 bits per heavy atom. The lowest BCUT2D eigenvalue weighted by Gasteiger charge is -2.32. The molecule has 0 amide bonds. The maximum Gasteiger partial charge on any atom is 0.0586 e. The molecule has 3 heteroatoms. The van der Waals surface area contributed by atoms with Gasteiger partial charge in [0.2, 0.25) is 0 Å². The third-order valence-corrected chi connectivity index (χ3v) is 3.91. The van der Waals surface area contributed by atoms with Crippen LogP contribution in [0.1, 0.15) is 30.4 Å². The summed E-state index contributed by atoms with van der Waals surface area (Å²) in [6.07, 6.45) is 2.94. The van der Waals surface area contributed by atoms with Crippen molar-refractivity contribution in [3.8, 4) is 0 Å². The van der Waals surface area contributed by atoms with Crippen LogP contribution in [0.2, 0.25) is 0 Å². The van der Waals surface area contributed by atoms with E-state index >= 15 is 0 Å². The van der Waals surface area contributed by atoms with Gasteiger partial charge >= 0.3 is 0 Å². The number of benzene rings is 1. The molecule has 1 atom stereocenters. The molecule has 1 aliphatic rings. The first kappa shape index (κ1) is 13.5. The largest absolute Gasteiger partial charge is 0.395 e. The van der Waals surface area contributed by atoms with Crippen molar-refractivity contribution < 1.29 is 14.9 Å². The molecule has 18 heavy (non-hydrogen) atoms. The van der Waals surface area contributed by atoms with Crippen LogP contribution in [-0.4, -0.2) is 36.1 Å². The van der Waals surface area contributed by atoms with Crippen molar-refractivity contribution in [3.05, 3.63) is 35.4 Å². The van der Waals surface area contributed by atoms with E-state index in [0.717, 1.165) is 25.0 Å². The third-order valence-electron chi connectivity index (χ3n) is 3.91. The van der Waals surface area contributed by atoms with E-state index in [9.17, 15) is 10.2 Å². The van der Waals surface area contributed by atoms with E-state index in [1.54, 1.807) is 0 Å². The van der Waals surface area contributed by atoms with Gasteiger partial charge in [0.15, 0.2) is 0 Å². The zero-order chi connectivity index (χ0) is 13.0. The number of hydrogen-bond donors (Lipinski definition) is 2. The second-order valence-electron chi connectivity index (χ2n) is 5.30. The second kappa shape index (κ2) is 5.83. The molecule has 1 unspecified atom stereocenters. The van der Waals surface area contributed by atoms with Gasteiger partial charge in [0.1, 0.15) is 0 Å². The highest BCUT2D eigenvalue weighted by Gasteiger charge is 2.35. The van der Waals surface area contributed by atoms with E-state index in [4.69, 9.17) is 4.74 Å². The van der Waals surface area contributed by atoms with Crippen molar-refractivity contribution in [2.45, 2.75) is 37.7 Å². The monoisotopic (exact) mass is 250 g/mol. The summed E-state index contributed by atoms with van der Waals surface area (Å²) in [5, 5.41) is 19.5. The highest BCUT2D eigenvalue weighted by Crippen LogP contribution is 2.32. The molecule has 2 rings (SSSR count). The number of aryl methyl sites for hydroxylation is 1. The van der Waals surface area contributed by atoms with Crippen LogP contribution >= 0.6 is 0 Å². The lowest BCUT2D eigenvalue weighted by molar-refractivity contribution is 0.0389. The van der Waals surface area contributed by atoms with Crippen molar-refractivity contribution in [1.82, 2.24) is 0 Å². The van der Waals surface area contributed by atoms with E-state index in [2.05, 4.69) is 0 Å². The first-order valence-electron chi connectivity index (χ1n) is 6.61. The fourth-order valence-electron chi connectivity index (χ4n) is 2.63. The lowest BCUT2D eigenvalue weighted by atomic mass is 9.76. The molecule has 0 spiro atoms. The van der Waals surface area contributed by atoms with Crippen molar-refractivity contribution in [1.29, 1.82) is 0 Å². The van der Waals surface area contributed by atoms with Crippen LogP contribution in [0.5, 0.6) is 0 Å². The normalized spacial score (nSPS) is 20.3. The summed E-state index contributed by atoms with van der Waals surface area (Å²) >= 11 is 0. The molecule has 1 aromatic rings. The summed E-state index contributed by atoms with van der Waals surface area (Å²) in [6, 6.07) is 8.03. The molecule has 0 aromatic heterocycles. The summed E-state index contributed by atoms with van der Waals surface area (Å²) in [4.78, 5) is 0. The van der Waals surface area contributed by atoms with Gasteiger partial charge in [-0.15, -0.1) is 0 Å². The van der Waals surface area contributed by atoms with Crippen LogP contribution in [0.3, 0.4) is 0 Å². The van der Waals surface area contributed by atoms with Crippen LogP contribution in [0.4, 0.5) is 0 Å². The highest BCUT2D eigenvalue weighted by molar-refractivity contribution is 5.29. The minimum absolute atomic E-state index is 0.0492. The fourth-order valence-corrected chi connectivity index (χ4v) is 2.63. The first-order chi connectivity index (χ1) is 8.70. The molecule has 1 aromatic carbocycles. The van der Waals surface area contributed by atoms with Crippen LogP contribution < -0.4 is 0 Å². The van der Waals surface area contributed by atoms with Gasteiger partial charge in [-0.3, -0.25) is 0 Å². The molecular formula is C15H22O3. The van der Waals surface area contributed by atoms with Gasteiger partial charge in [0.05, 0.1) is 19.3 Å². The molecule has 1 aliphatic heterocycles. The minimum atomic E-state index is -0.581. The van der Waals surface area contributed by atoms with Gasteiger partial charge in [-0.05, 0) is 31.7 Å². The summed E-state index contributed by atoms with van der Waals surface area (Å²) in [7, 11) is 0. The Kier molecular flexibility index (Phi) is 4.38. The SMILES string of the molecule is Cc1ccc(C(CO)(CO)CC2CCCO2)cc1. The summed E-state index contributed by atoms with van der Waals surface area (Å²) in [6.45, 7) is 2.73. The van der Waals surface area contributed by atoms with Gasteiger partial charge in [-0.25, -0.2) is 0 Å². The molecule has 0 aliphatic carbocycles. The van der Waals surface area contributed by atoms with Gasteiger partial charge in [0, 0.05) is 12.0 Å². The Labute approximate surface area is 108 Å². The number of hydrogen-bond acceptors (Lipinski definition) is 3. The maximum atomic E-state index is 9.74. The molecule has 0 radical (unpaired) electrons. The van der Waals surface area contributed by atoms with Crippen LogP contribution in [0.25, 0.3) is 0 Å². The second-order valence-corrected chi connectivity index (χ2v) is 5.30. The van der Waals surface area contributed by atoms with Crippen molar-refractivity contribution >= 4 is 0 Å². The highest BCUT2D eigenvalue weighted by atomic mass is 16.5. The van der Waals surface area contributed by atoms with Gasteiger partial charge in [-0.1, -0.05) is 29.8 Å². The molecule has 100 valence electrons. The molecule has 1 saturated heterocycles. The summed E-state index contributed by atoms with van der Waals surface area (Å²) in [5.74, 6) is 0. The third kappa shape index (κ3) is 2.74. The standard InChI is InChI=1S/C15H22O3/c1-12-4-6-13(7-5-12)15(10-16,11-17)9-14-3-2-8-18-14/h4-7,14,16-17H,2-3,8-11H2,1H3. The van der Waals surface area contributed by atoms with Crippen LogP contribution in [-0.2, 0) is 10.2 Å². The maximum absolute atomic E-state index is 9.74. The molecular weight excluding hydrogens is 228 g/mol. The molecule has 0 bridgehead atoms. The van der Waals surface area contributed by atoms with Crippen molar-refractivity contribution in [2.75, 3.05) is 19.8 Å². The van der Waals surface area contributed by atoms with Crippen LogP contribution in [0, 0.1) is 6.92 Å². The quantitative estimate of drug-likeness (QED) is 0.837. The van der Waals surface area contributed by atoms with E-state index in [0.29, 0.717) is 6.42 Å². The number of aliphatic hydroxyl groups is 2. The topological polar surface area (TPSA) is 49.7 Å². The van der Waals surface area contributed by atoms with Gasteiger partial charge < -0.3 is 14.9 Å². The molecule has 1 heterocycles. The Hall–Kier alpha value is -0.900. The molecule has 0 saturated carbocycles. The average molecular weight is 250 g/mol. The fraction of sp³-hybridized carbons (Fsp3) is 0.600. The Balaban J connectivity index is 2.21. The smallest absolute Gasteiger partial charge is 0.0586 e. The number of rotatable bonds is 5. The lowest BCUT2D eigenvalue weighted by Crippen LogP contribution is -2.38. The zero-order valence-corrected chi connectivity index (χ0v) is 10.9. The van der Waals surface area contributed by atoms with Gasteiger partial charge in [-0.2, -0.15) is 0 Å². The van der Waals surface area contributed by atoms with Crippen molar-refractivity contribution in [2.24, 2.45) is 0 Å². The molecule has 1 fully saturated rings. The summed E-state index contributed by atoms with van der Waals surface area (Å²) in [5.41, 5.74) is 1.59. The Morgan fingerprint density at radius 1 is 1.22 bits per heavy atom. The van der Waals surface area contributed by atoms with Crippen LogP contribution in [0.15, 0.2) is 24.3 Å². The van der Waals surface area contributed by atoms with E-state index in [1.165, 1.54) is 5.56 Å². The van der Waals surface area contributed by atoms with E-state index < -0.39 is 5.41 Å². The van der Waals surface area contributed by atoms with E-state index in [-0.39, 0.29) is 19.3 Å². The predicted octanol–water partition coefficient (Wildman–Crippen LogP) is 1.79. The van der Waals surface area contributed by atoms with Gasteiger partial charge in [0.25, 0.3) is 0 Å². The first-order valence-corrected chi connectivity index (χ1v) is 6.61. The zero-order valence-electron chi connectivity index (χ0n) is 10.9. The minimum Gasteiger partial charge on any atom is -0.395 e. The Morgan fingerprint density at radius 3 is 2.39 bits per heavy atom.